The highest BCUT2D eigenvalue weighted by atomic mass is 19.1. The molecule has 0 unspecified atom stereocenters. The molecule has 1 aromatic carbocycles. The summed E-state index contributed by atoms with van der Waals surface area (Å²) in [5.74, 6) is 4.46. The highest BCUT2D eigenvalue weighted by Crippen LogP contribution is 2.40. The SMILES string of the molecule is COc1ccc([C@H]2CC[C@H](CC[C@H]3CC[C@H](CC/C=C/F)CC3)CC2)cc1. The lowest BCUT2D eigenvalue weighted by atomic mass is 9.74. The normalized spacial score (nSPS) is 29.1. The van der Waals surface area contributed by atoms with Crippen molar-refractivity contribution in [3.8, 4) is 5.75 Å². The minimum absolute atomic E-state index is 0.703. The second-order valence-electron chi connectivity index (χ2n) is 8.89. The zero-order chi connectivity index (χ0) is 18.9. The van der Waals surface area contributed by atoms with Crippen molar-refractivity contribution in [3.05, 3.63) is 42.2 Å². The van der Waals surface area contributed by atoms with Crippen LogP contribution < -0.4 is 4.74 Å². The van der Waals surface area contributed by atoms with Gasteiger partial charge in [0, 0.05) is 0 Å². The fourth-order valence-electron chi connectivity index (χ4n) is 5.34. The lowest BCUT2D eigenvalue weighted by Gasteiger charge is -2.32. The van der Waals surface area contributed by atoms with E-state index >= 15 is 0 Å². The Labute approximate surface area is 165 Å². The van der Waals surface area contributed by atoms with Crippen LogP contribution >= 0.6 is 0 Å². The number of benzene rings is 1. The summed E-state index contributed by atoms with van der Waals surface area (Å²) in [6, 6.07) is 8.72. The van der Waals surface area contributed by atoms with Crippen LogP contribution in [0.15, 0.2) is 36.7 Å². The molecule has 0 aromatic heterocycles. The number of methoxy groups -OCH3 is 1. The molecular formula is C25H37FO. The number of hydrogen-bond donors (Lipinski definition) is 0. The molecule has 27 heavy (non-hydrogen) atoms. The number of halogens is 1. The van der Waals surface area contributed by atoms with Gasteiger partial charge in [0.2, 0.25) is 0 Å². The maximum absolute atomic E-state index is 12.1. The predicted octanol–water partition coefficient (Wildman–Crippen LogP) is 7.82. The smallest absolute Gasteiger partial charge is 0.118 e. The van der Waals surface area contributed by atoms with Gasteiger partial charge in [-0.3, -0.25) is 0 Å². The Kier molecular flexibility index (Phi) is 8.23. The number of rotatable bonds is 8. The van der Waals surface area contributed by atoms with E-state index < -0.39 is 0 Å². The van der Waals surface area contributed by atoms with Crippen LogP contribution in [0.1, 0.15) is 88.5 Å². The minimum atomic E-state index is 0.703. The van der Waals surface area contributed by atoms with Crippen molar-refractivity contribution >= 4 is 0 Å². The summed E-state index contributed by atoms with van der Waals surface area (Å²) >= 11 is 0. The summed E-state index contributed by atoms with van der Waals surface area (Å²) in [5, 5.41) is 0. The van der Waals surface area contributed by atoms with Gasteiger partial charge in [0.25, 0.3) is 0 Å². The van der Waals surface area contributed by atoms with Crippen molar-refractivity contribution in [1.82, 2.24) is 0 Å². The largest absolute Gasteiger partial charge is 0.497 e. The van der Waals surface area contributed by atoms with E-state index in [0.29, 0.717) is 6.33 Å². The van der Waals surface area contributed by atoms with Crippen LogP contribution in [0, 0.1) is 17.8 Å². The van der Waals surface area contributed by atoms with Crippen molar-refractivity contribution in [2.45, 2.75) is 83.0 Å². The van der Waals surface area contributed by atoms with Crippen LogP contribution in [0.2, 0.25) is 0 Å². The van der Waals surface area contributed by atoms with Gasteiger partial charge in [0.05, 0.1) is 13.4 Å². The zero-order valence-corrected chi connectivity index (χ0v) is 17.0. The third kappa shape index (κ3) is 6.36. The molecule has 1 nitrogen and oxygen atoms in total. The van der Waals surface area contributed by atoms with Gasteiger partial charge in [-0.25, -0.2) is 4.39 Å². The van der Waals surface area contributed by atoms with E-state index in [1.807, 2.05) is 0 Å². The summed E-state index contributed by atoms with van der Waals surface area (Å²) in [4.78, 5) is 0. The van der Waals surface area contributed by atoms with Crippen LogP contribution in [-0.4, -0.2) is 7.11 Å². The lowest BCUT2D eigenvalue weighted by Crippen LogP contribution is -2.17. The molecule has 0 N–H and O–H groups in total. The van der Waals surface area contributed by atoms with Crippen molar-refractivity contribution in [1.29, 1.82) is 0 Å². The molecule has 0 radical (unpaired) electrons. The van der Waals surface area contributed by atoms with Crippen molar-refractivity contribution in [2.75, 3.05) is 7.11 Å². The molecule has 2 fully saturated rings. The van der Waals surface area contributed by atoms with Gasteiger partial charge in [0.15, 0.2) is 0 Å². The Hall–Kier alpha value is -1.31. The molecule has 2 aliphatic carbocycles. The predicted molar refractivity (Wildman–Crippen MR) is 112 cm³/mol. The maximum Gasteiger partial charge on any atom is 0.118 e. The number of ether oxygens (including phenoxy) is 1. The molecule has 3 rings (SSSR count). The topological polar surface area (TPSA) is 9.23 Å². The van der Waals surface area contributed by atoms with E-state index in [-0.39, 0.29) is 0 Å². The van der Waals surface area contributed by atoms with Gasteiger partial charge in [-0.05, 0) is 79.9 Å². The van der Waals surface area contributed by atoms with Gasteiger partial charge >= 0.3 is 0 Å². The molecule has 1 aromatic rings. The van der Waals surface area contributed by atoms with E-state index in [9.17, 15) is 4.39 Å². The number of hydrogen-bond acceptors (Lipinski definition) is 1. The molecule has 0 spiro atoms. The fraction of sp³-hybridized carbons (Fsp3) is 0.680. The van der Waals surface area contributed by atoms with Crippen LogP contribution in [-0.2, 0) is 0 Å². The Bertz CT molecular complexity index is 548. The molecular weight excluding hydrogens is 335 g/mol. The zero-order valence-electron chi connectivity index (χ0n) is 17.0. The van der Waals surface area contributed by atoms with Gasteiger partial charge in [-0.2, -0.15) is 0 Å². The molecule has 0 atom stereocenters. The second kappa shape index (κ2) is 10.9. The van der Waals surface area contributed by atoms with Crippen molar-refractivity contribution in [2.24, 2.45) is 17.8 Å². The number of allylic oxidation sites excluding steroid dienone is 1. The summed E-state index contributed by atoms with van der Waals surface area (Å²) in [6.45, 7) is 0. The average molecular weight is 373 g/mol. The lowest BCUT2D eigenvalue weighted by molar-refractivity contribution is 0.225. The Balaban J connectivity index is 1.32. The van der Waals surface area contributed by atoms with Gasteiger partial charge in [-0.1, -0.05) is 56.7 Å². The average Bonchev–Trinajstić information content (AvgIpc) is 2.74. The maximum atomic E-state index is 12.1. The summed E-state index contributed by atoms with van der Waals surface area (Å²) in [7, 11) is 1.73. The Morgan fingerprint density at radius 3 is 1.85 bits per heavy atom. The standard InChI is InChI=1S/C25H37FO/c1-27-25-17-15-24(16-18-25)23-13-11-22(12-14-23)10-9-21-7-5-20(6-8-21)4-2-3-19-26/h3,15-23H,2,4-14H2,1H3/b19-3+/t20-,21-,22-,23-. The van der Waals surface area contributed by atoms with Crippen LogP contribution in [0.5, 0.6) is 5.75 Å². The molecule has 150 valence electrons. The highest BCUT2D eigenvalue weighted by Gasteiger charge is 2.25. The first kappa shape index (κ1) is 20.4. The Morgan fingerprint density at radius 1 is 0.815 bits per heavy atom. The van der Waals surface area contributed by atoms with Crippen molar-refractivity contribution < 1.29 is 9.13 Å². The first-order valence-electron chi connectivity index (χ1n) is 11.2. The molecule has 0 heterocycles. The van der Waals surface area contributed by atoms with E-state index in [2.05, 4.69) is 24.3 Å². The third-order valence-electron chi connectivity index (χ3n) is 7.21. The van der Waals surface area contributed by atoms with Crippen LogP contribution in [0.4, 0.5) is 4.39 Å². The van der Waals surface area contributed by atoms with E-state index in [1.165, 1.54) is 76.2 Å². The fourth-order valence-corrected chi connectivity index (χ4v) is 5.34. The van der Waals surface area contributed by atoms with E-state index in [4.69, 9.17) is 4.74 Å². The monoisotopic (exact) mass is 372 g/mol. The summed E-state index contributed by atoms with van der Waals surface area (Å²) < 4.78 is 17.3. The Morgan fingerprint density at radius 2 is 1.33 bits per heavy atom. The third-order valence-corrected chi connectivity index (χ3v) is 7.21. The van der Waals surface area contributed by atoms with Gasteiger partial charge in [-0.15, -0.1) is 0 Å². The van der Waals surface area contributed by atoms with Gasteiger partial charge < -0.3 is 4.74 Å². The van der Waals surface area contributed by atoms with Crippen LogP contribution in [0.3, 0.4) is 0 Å². The molecule has 2 aliphatic rings. The first-order valence-corrected chi connectivity index (χ1v) is 11.2. The highest BCUT2D eigenvalue weighted by molar-refractivity contribution is 5.29. The van der Waals surface area contributed by atoms with E-state index in [1.54, 1.807) is 13.2 Å². The van der Waals surface area contributed by atoms with E-state index in [0.717, 1.165) is 35.8 Å². The molecule has 0 amide bonds. The molecule has 2 heteroatoms. The first-order chi connectivity index (χ1) is 13.3. The minimum Gasteiger partial charge on any atom is -0.497 e. The van der Waals surface area contributed by atoms with Crippen LogP contribution in [0.25, 0.3) is 0 Å². The molecule has 0 saturated heterocycles. The van der Waals surface area contributed by atoms with Gasteiger partial charge in [0.1, 0.15) is 5.75 Å². The molecule has 0 bridgehead atoms. The quantitative estimate of drug-likeness (QED) is 0.452. The van der Waals surface area contributed by atoms with Crippen molar-refractivity contribution in [3.63, 3.8) is 0 Å². The summed E-state index contributed by atoms with van der Waals surface area (Å²) in [5.41, 5.74) is 1.50. The second-order valence-corrected chi connectivity index (χ2v) is 8.89. The summed E-state index contributed by atoms with van der Waals surface area (Å²) in [6.07, 6.45) is 18.4. The molecule has 2 saturated carbocycles. The molecule has 0 aliphatic heterocycles.